The SMILES string of the molecule is O=C(O)C1CCCN(C(=O)c2cccc(NC(=O)C3CCCO3)c2)C1. The van der Waals surface area contributed by atoms with Crippen molar-refractivity contribution in [3.05, 3.63) is 29.8 Å². The quantitative estimate of drug-likeness (QED) is 0.866. The molecule has 0 aromatic heterocycles. The summed E-state index contributed by atoms with van der Waals surface area (Å²) in [6, 6.07) is 6.73. The molecule has 2 amide bonds. The Morgan fingerprint density at radius 2 is 2.04 bits per heavy atom. The predicted octanol–water partition coefficient (Wildman–Crippen LogP) is 1.74. The number of aliphatic carboxylic acids is 1. The summed E-state index contributed by atoms with van der Waals surface area (Å²) in [5.74, 6) is -1.79. The maximum atomic E-state index is 12.7. The van der Waals surface area contributed by atoms with E-state index in [1.54, 1.807) is 29.2 Å². The van der Waals surface area contributed by atoms with E-state index < -0.39 is 18.0 Å². The zero-order valence-electron chi connectivity index (χ0n) is 13.9. The molecule has 0 bridgehead atoms. The van der Waals surface area contributed by atoms with Crippen molar-refractivity contribution in [3.8, 4) is 0 Å². The lowest BCUT2D eigenvalue weighted by Crippen LogP contribution is -2.42. The predicted molar refractivity (Wildman–Crippen MR) is 90.3 cm³/mol. The molecule has 0 spiro atoms. The molecule has 134 valence electrons. The molecule has 2 saturated heterocycles. The average Bonchev–Trinajstić information content (AvgIpc) is 3.16. The molecule has 2 aliphatic heterocycles. The minimum Gasteiger partial charge on any atom is -0.481 e. The molecule has 7 heteroatoms. The van der Waals surface area contributed by atoms with Crippen molar-refractivity contribution in [1.82, 2.24) is 4.90 Å². The minimum absolute atomic E-state index is 0.203. The van der Waals surface area contributed by atoms with Crippen LogP contribution in [0.4, 0.5) is 5.69 Å². The van der Waals surface area contributed by atoms with Crippen LogP contribution in [0.15, 0.2) is 24.3 Å². The normalized spacial score (nSPS) is 23.3. The number of likely N-dealkylation sites (tertiary alicyclic amines) is 1. The third-order valence-corrected chi connectivity index (χ3v) is 4.66. The van der Waals surface area contributed by atoms with Gasteiger partial charge in [0.15, 0.2) is 0 Å². The van der Waals surface area contributed by atoms with Crippen molar-refractivity contribution in [2.75, 3.05) is 25.0 Å². The molecule has 2 N–H and O–H groups in total. The van der Waals surface area contributed by atoms with Gasteiger partial charge >= 0.3 is 5.97 Å². The lowest BCUT2D eigenvalue weighted by atomic mass is 9.97. The van der Waals surface area contributed by atoms with Crippen LogP contribution in [0.5, 0.6) is 0 Å². The van der Waals surface area contributed by atoms with E-state index in [9.17, 15) is 14.4 Å². The van der Waals surface area contributed by atoms with E-state index in [0.717, 1.165) is 6.42 Å². The molecule has 2 aliphatic rings. The Bertz CT molecular complexity index is 669. The van der Waals surface area contributed by atoms with Gasteiger partial charge in [-0.2, -0.15) is 0 Å². The fourth-order valence-electron chi connectivity index (χ4n) is 3.28. The maximum Gasteiger partial charge on any atom is 0.308 e. The molecule has 25 heavy (non-hydrogen) atoms. The van der Waals surface area contributed by atoms with Crippen LogP contribution < -0.4 is 5.32 Å². The summed E-state index contributed by atoms with van der Waals surface area (Å²) in [5, 5.41) is 11.9. The Labute approximate surface area is 146 Å². The van der Waals surface area contributed by atoms with Crippen LogP contribution in [0.2, 0.25) is 0 Å². The molecular weight excluding hydrogens is 324 g/mol. The molecule has 1 aromatic carbocycles. The van der Waals surface area contributed by atoms with E-state index in [1.165, 1.54) is 0 Å². The molecular formula is C18H22N2O5. The number of nitrogens with one attached hydrogen (secondary N) is 1. The topological polar surface area (TPSA) is 95.9 Å². The third-order valence-electron chi connectivity index (χ3n) is 4.66. The van der Waals surface area contributed by atoms with Crippen molar-refractivity contribution in [1.29, 1.82) is 0 Å². The number of carbonyl (C=O) groups excluding carboxylic acids is 2. The molecule has 2 unspecified atom stereocenters. The number of hydrogen-bond acceptors (Lipinski definition) is 4. The summed E-state index contributed by atoms with van der Waals surface area (Å²) < 4.78 is 5.35. The Morgan fingerprint density at radius 1 is 1.20 bits per heavy atom. The van der Waals surface area contributed by atoms with Crippen LogP contribution in [0.1, 0.15) is 36.0 Å². The van der Waals surface area contributed by atoms with E-state index in [2.05, 4.69) is 5.32 Å². The van der Waals surface area contributed by atoms with Gasteiger partial charge in [-0.25, -0.2) is 0 Å². The average molecular weight is 346 g/mol. The summed E-state index contributed by atoms with van der Waals surface area (Å²) >= 11 is 0. The van der Waals surface area contributed by atoms with Crippen molar-refractivity contribution in [2.24, 2.45) is 5.92 Å². The number of ether oxygens (including phenoxy) is 1. The van der Waals surface area contributed by atoms with E-state index in [4.69, 9.17) is 9.84 Å². The molecule has 0 aliphatic carbocycles. The summed E-state index contributed by atoms with van der Waals surface area (Å²) in [5.41, 5.74) is 0.981. The Hall–Kier alpha value is -2.41. The fourth-order valence-corrected chi connectivity index (χ4v) is 3.28. The van der Waals surface area contributed by atoms with Gasteiger partial charge in [0, 0.05) is 30.9 Å². The molecule has 1 aromatic rings. The van der Waals surface area contributed by atoms with E-state index >= 15 is 0 Å². The van der Waals surface area contributed by atoms with Gasteiger partial charge in [0.05, 0.1) is 5.92 Å². The number of rotatable bonds is 4. The van der Waals surface area contributed by atoms with Gasteiger partial charge in [-0.1, -0.05) is 6.07 Å². The zero-order valence-corrected chi connectivity index (χ0v) is 13.9. The van der Waals surface area contributed by atoms with Crippen molar-refractivity contribution in [3.63, 3.8) is 0 Å². The van der Waals surface area contributed by atoms with Gasteiger partial charge in [0.25, 0.3) is 11.8 Å². The number of carboxylic acid groups (broad SMARTS) is 1. The van der Waals surface area contributed by atoms with E-state index in [-0.39, 0.29) is 18.4 Å². The first kappa shape index (κ1) is 17.4. The summed E-state index contributed by atoms with van der Waals surface area (Å²) in [6.45, 7) is 1.37. The van der Waals surface area contributed by atoms with Crippen molar-refractivity contribution >= 4 is 23.5 Å². The highest BCUT2D eigenvalue weighted by Gasteiger charge is 2.29. The highest BCUT2D eigenvalue weighted by atomic mass is 16.5. The number of nitrogens with zero attached hydrogens (tertiary/aromatic N) is 1. The van der Waals surface area contributed by atoms with Crippen LogP contribution in [0, 0.1) is 5.92 Å². The summed E-state index contributed by atoms with van der Waals surface area (Å²) in [4.78, 5) is 37.5. The smallest absolute Gasteiger partial charge is 0.308 e. The molecule has 3 rings (SSSR count). The number of amides is 2. The van der Waals surface area contributed by atoms with Gasteiger partial charge in [-0.05, 0) is 43.9 Å². The molecule has 2 atom stereocenters. The second-order valence-electron chi connectivity index (χ2n) is 6.50. The van der Waals surface area contributed by atoms with Gasteiger partial charge in [-0.3, -0.25) is 14.4 Å². The zero-order chi connectivity index (χ0) is 17.8. The Kier molecular flexibility index (Phi) is 5.33. The molecule has 0 radical (unpaired) electrons. The second kappa shape index (κ2) is 7.65. The first-order chi connectivity index (χ1) is 12.0. The standard InChI is InChI=1S/C18H22N2O5/c21-16(15-7-3-9-25-15)19-14-6-1-4-12(10-14)17(22)20-8-2-5-13(11-20)18(23)24/h1,4,6,10,13,15H,2-3,5,7-9,11H2,(H,19,21)(H,23,24). The molecule has 7 nitrogen and oxygen atoms in total. The first-order valence-corrected chi connectivity index (χ1v) is 8.59. The van der Waals surface area contributed by atoms with Gasteiger partial charge in [0.1, 0.15) is 6.10 Å². The number of anilines is 1. The second-order valence-corrected chi connectivity index (χ2v) is 6.50. The Morgan fingerprint density at radius 3 is 2.76 bits per heavy atom. The van der Waals surface area contributed by atoms with Crippen molar-refractivity contribution < 1.29 is 24.2 Å². The summed E-state index contributed by atoms with van der Waals surface area (Å²) in [7, 11) is 0. The third kappa shape index (κ3) is 4.17. The lowest BCUT2D eigenvalue weighted by molar-refractivity contribution is -0.143. The lowest BCUT2D eigenvalue weighted by Gasteiger charge is -2.30. The maximum absolute atomic E-state index is 12.7. The van der Waals surface area contributed by atoms with Crippen LogP contribution in [0.3, 0.4) is 0 Å². The van der Waals surface area contributed by atoms with Crippen LogP contribution >= 0.6 is 0 Å². The van der Waals surface area contributed by atoms with E-state index in [1.807, 2.05) is 0 Å². The monoisotopic (exact) mass is 346 g/mol. The van der Waals surface area contributed by atoms with Crippen LogP contribution in [-0.4, -0.2) is 53.6 Å². The molecule has 2 heterocycles. The van der Waals surface area contributed by atoms with E-state index in [0.29, 0.717) is 43.7 Å². The number of hydrogen-bond donors (Lipinski definition) is 2. The van der Waals surface area contributed by atoms with Gasteiger partial charge < -0.3 is 20.1 Å². The number of piperidine rings is 1. The highest BCUT2D eigenvalue weighted by molar-refractivity contribution is 5.98. The van der Waals surface area contributed by atoms with Gasteiger partial charge in [-0.15, -0.1) is 0 Å². The van der Waals surface area contributed by atoms with Crippen molar-refractivity contribution in [2.45, 2.75) is 31.8 Å². The number of carbonyl (C=O) groups is 3. The molecule has 2 fully saturated rings. The fraction of sp³-hybridized carbons (Fsp3) is 0.500. The van der Waals surface area contributed by atoms with Crippen LogP contribution in [0.25, 0.3) is 0 Å². The van der Waals surface area contributed by atoms with Crippen LogP contribution in [-0.2, 0) is 14.3 Å². The largest absolute Gasteiger partial charge is 0.481 e. The summed E-state index contributed by atoms with van der Waals surface area (Å²) in [6.07, 6.45) is 2.41. The Balaban J connectivity index is 1.66. The first-order valence-electron chi connectivity index (χ1n) is 8.59. The highest BCUT2D eigenvalue weighted by Crippen LogP contribution is 2.21. The number of benzene rings is 1. The molecule has 0 saturated carbocycles. The minimum atomic E-state index is -0.866. The van der Waals surface area contributed by atoms with Gasteiger partial charge in [0.2, 0.25) is 0 Å². The number of carboxylic acids is 1.